The van der Waals surface area contributed by atoms with Gasteiger partial charge in [-0.1, -0.05) is 55.3 Å². The summed E-state index contributed by atoms with van der Waals surface area (Å²) >= 11 is 6.46. The molecule has 2 aromatic rings. The zero-order valence-electron chi connectivity index (χ0n) is 18.4. The molecular formula is C25H32ClNO4. The number of likely N-dealkylation sites (tertiary alicyclic amines) is 1. The fourth-order valence-electron chi connectivity index (χ4n) is 3.61. The smallest absolute Gasteiger partial charge is 0.254 e. The molecule has 2 aromatic carbocycles. The number of piperidine rings is 1. The van der Waals surface area contributed by atoms with Crippen molar-refractivity contribution in [2.45, 2.75) is 52.2 Å². The fraction of sp³-hybridized carbons (Fsp3) is 0.480. The highest BCUT2D eigenvalue weighted by molar-refractivity contribution is 6.32. The molecule has 1 aliphatic rings. The summed E-state index contributed by atoms with van der Waals surface area (Å²) in [4.78, 5) is 15.0. The molecule has 3 rings (SSSR count). The lowest BCUT2D eigenvalue weighted by Crippen LogP contribution is -2.40. The molecule has 0 atom stereocenters. The fourth-order valence-corrected chi connectivity index (χ4v) is 3.87. The Hall–Kier alpha value is -2.24. The molecule has 0 aromatic heterocycles. The van der Waals surface area contributed by atoms with Crippen LogP contribution in [0.3, 0.4) is 0 Å². The number of carbonyl (C=O) groups is 1. The molecule has 1 aliphatic heterocycles. The van der Waals surface area contributed by atoms with Gasteiger partial charge in [-0.3, -0.25) is 4.79 Å². The van der Waals surface area contributed by atoms with Gasteiger partial charge in [0.05, 0.1) is 30.9 Å². The molecule has 0 aliphatic carbocycles. The second-order valence-electron chi connectivity index (χ2n) is 7.71. The quantitative estimate of drug-likeness (QED) is 0.437. The van der Waals surface area contributed by atoms with Crippen LogP contribution >= 0.6 is 11.6 Å². The summed E-state index contributed by atoms with van der Waals surface area (Å²) in [7, 11) is 0. The molecule has 1 amide bonds. The van der Waals surface area contributed by atoms with E-state index in [1.165, 1.54) is 5.56 Å². The molecule has 0 spiro atoms. The highest BCUT2D eigenvalue weighted by Gasteiger charge is 2.26. The standard InChI is InChI=1S/C25H32ClNO4/c1-3-5-15-30-24-22(26)16-20(17-23(24)29-4-2)25(28)27-13-11-21(12-14-27)31-18-19-9-7-6-8-10-19/h6-10,16-17,21H,3-5,11-15,18H2,1-2H3. The molecule has 0 bridgehead atoms. The average molecular weight is 446 g/mol. The van der Waals surface area contributed by atoms with Crippen LogP contribution < -0.4 is 9.47 Å². The van der Waals surface area contributed by atoms with E-state index in [0.717, 1.165) is 25.7 Å². The Labute approximate surface area is 190 Å². The molecule has 1 fully saturated rings. The first kappa shape index (κ1) is 23.4. The van der Waals surface area contributed by atoms with Gasteiger partial charge in [-0.2, -0.15) is 0 Å². The predicted molar refractivity (Wildman–Crippen MR) is 123 cm³/mol. The minimum Gasteiger partial charge on any atom is -0.490 e. The lowest BCUT2D eigenvalue weighted by atomic mass is 10.1. The molecule has 1 heterocycles. The van der Waals surface area contributed by atoms with Crippen LogP contribution in [0, 0.1) is 0 Å². The van der Waals surface area contributed by atoms with Crippen LogP contribution in [-0.2, 0) is 11.3 Å². The van der Waals surface area contributed by atoms with Gasteiger partial charge >= 0.3 is 0 Å². The van der Waals surface area contributed by atoms with Gasteiger partial charge in [0.25, 0.3) is 5.91 Å². The molecule has 0 unspecified atom stereocenters. The Balaban J connectivity index is 1.59. The first-order valence-electron chi connectivity index (χ1n) is 11.2. The maximum absolute atomic E-state index is 13.1. The summed E-state index contributed by atoms with van der Waals surface area (Å²) in [6, 6.07) is 13.6. The number of amides is 1. The van der Waals surface area contributed by atoms with Crippen molar-refractivity contribution in [3.05, 3.63) is 58.6 Å². The SMILES string of the molecule is CCCCOc1c(Cl)cc(C(=O)N2CCC(OCc3ccccc3)CC2)cc1OCC. The van der Waals surface area contributed by atoms with Crippen LogP contribution in [0.4, 0.5) is 0 Å². The van der Waals surface area contributed by atoms with Crippen molar-refractivity contribution in [1.82, 2.24) is 4.90 Å². The van der Waals surface area contributed by atoms with Crippen molar-refractivity contribution >= 4 is 17.5 Å². The minimum atomic E-state index is -0.0375. The van der Waals surface area contributed by atoms with Gasteiger partial charge in [-0.05, 0) is 43.9 Å². The molecule has 168 valence electrons. The number of unbranched alkanes of at least 4 members (excludes halogenated alkanes) is 1. The maximum Gasteiger partial charge on any atom is 0.254 e. The van der Waals surface area contributed by atoms with Gasteiger partial charge in [-0.15, -0.1) is 0 Å². The van der Waals surface area contributed by atoms with Crippen molar-refractivity contribution in [2.75, 3.05) is 26.3 Å². The third kappa shape index (κ3) is 6.62. The van der Waals surface area contributed by atoms with Crippen LogP contribution in [-0.4, -0.2) is 43.2 Å². The van der Waals surface area contributed by atoms with Crippen molar-refractivity contribution < 1.29 is 19.0 Å². The maximum atomic E-state index is 13.1. The summed E-state index contributed by atoms with van der Waals surface area (Å²) < 4.78 is 17.6. The molecule has 1 saturated heterocycles. The molecule has 0 radical (unpaired) electrons. The van der Waals surface area contributed by atoms with E-state index in [9.17, 15) is 4.79 Å². The Morgan fingerprint density at radius 3 is 2.52 bits per heavy atom. The summed E-state index contributed by atoms with van der Waals surface area (Å²) in [5.41, 5.74) is 1.69. The lowest BCUT2D eigenvalue weighted by Gasteiger charge is -2.32. The molecule has 0 saturated carbocycles. The lowest BCUT2D eigenvalue weighted by molar-refractivity contribution is -0.000389. The number of hydrogen-bond acceptors (Lipinski definition) is 4. The van der Waals surface area contributed by atoms with E-state index in [2.05, 4.69) is 19.1 Å². The molecular weight excluding hydrogens is 414 g/mol. The Morgan fingerprint density at radius 2 is 1.84 bits per heavy atom. The van der Waals surface area contributed by atoms with Crippen LogP contribution in [0.15, 0.2) is 42.5 Å². The minimum absolute atomic E-state index is 0.0375. The largest absolute Gasteiger partial charge is 0.490 e. The van der Waals surface area contributed by atoms with E-state index in [4.69, 9.17) is 25.8 Å². The molecule has 0 N–H and O–H groups in total. The number of ether oxygens (including phenoxy) is 3. The second-order valence-corrected chi connectivity index (χ2v) is 8.12. The van der Waals surface area contributed by atoms with Crippen LogP contribution in [0.2, 0.25) is 5.02 Å². The van der Waals surface area contributed by atoms with E-state index < -0.39 is 0 Å². The van der Waals surface area contributed by atoms with Crippen molar-refractivity contribution in [2.24, 2.45) is 0 Å². The summed E-state index contributed by atoms with van der Waals surface area (Å²) in [5.74, 6) is 1.00. The zero-order chi connectivity index (χ0) is 22.1. The van der Waals surface area contributed by atoms with Gasteiger partial charge in [-0.25, -0.2) is 0 Å². The first-order valence-corrected chi connectivity index (χ1v) is 11.5. The van der Waals surface area contributed by atoms with E-state index in [0.29, 0.717) is 55.0 Å². The average Bonchev–Trinajstić information content (AvgIpc) is 2.80. The Bertz CT molecular complexity index is 835. The van der Waals surface area contributed by atoms with E-state index in [1.54, 1.807) is 12.1 Å². The van der Waals surface area contributed by atoms with Gasteiger partial charge in [0, 0.05) is 18.7 Å². The predicted octanol–water partition coefficient (Wildman–Crippen LogP) is 5.74. The molecule has 5 nitrogen and oxygen atoms in total. The van der Waals surface area contributed by atoms with Gasteiger partial charge in [0.2, 0.25) is 0 Å². The highest BCUT2D eigenvalue weighted by Crippen LogP contribution is 2.37. The van der Waals surface area contributed by atoms with E-state index >= 15 is 0 Å². The van der Waals surface area contributed by atoms with Crippen molar-refractivity contribution in [3.63, 3.8) is 0 Å². The van der Waals surface area contributed by atoms with E-state index in [1.807, 2.05) is 30.0 Å². The number of carbonyl (C=O) groups excluding carboxylic acids is 1. The molecule has 6 heteroatoms. The monoisotopic (exact) mass is 445 g/mol. The number of halogens is 1. The molecule has 31 heavy (non-hydrogen) atoms. The van der Waals surface area contributed by atoms with Crippen molar-refractivity contribution in [3.8, 4) is 11.5 Å². The Morgan fingerprint density at radius 1 is 1.10 bits per heavy atom. The van der Waals surface area contributed by atoms with E-state index in [-0.39, 0.29) is 12.0 Å². The third-order valence-corrected chi connectivity index (χ3v) is 5.64. The number of rotatable bonds is 10. The summed E-state index contributed by atoms with van der Waals surface area (Å²) in [5, 5.41) is 0.409. The first-order chi connectivity index (χ1) is 15.1. The topological polar surface area (TPSA) is 48.0 Å². The summed E-state index contributed by atoms with van der Waals surface area (Å²) in [6.45, 7) is 6.97. The summed E-state index contributed by atoms with van der Waals surface area (Å²) in [6.07, 6.45) is 3.78. The van der Waals surface area contributed by atoms with Crippen LogP contribution in [0.5, 0.6) is 11.5 Å². The van der Waals surface area contributed by atoms with Gasteiger partial charge < -0.3 is 19.1 Å². The van der Waals surface area contributed by atoms with Crippen molar-refractivity contribution in [1.29, 1.82) is 0 Å². The Kier molecular flexibility index (Phi) is 9.04. The normalized spacial score (nSPS) is 14.5. The van der Waals surface area contributed by atoms with Gasteiger partial charge in [0.1, 0.15) is 0 Å². The van der Waals surface area contributed by atoms with Crippen LogP contribution in [0.25, 0.3) is 0 Å². The number of nitrogens with zero attached hydrogens (tertiary/aromatic N) is 1. The van der Waals surface area contributed by atoms with Gasteiger partial charge in [0.15, 0.2) is 11.5 Å². The number of benzene rings is 2. The van der Waals surface area contributed by atoms with Crippen LogP contribution in [0.1, 0.15) is 55.5 Å². The number of hydrogen-bond donors (Lipinski definition) is 0. The second kappa shape index (κ2) is 12.0. The highest BCUT2D eigenvalue weighted by atomic mass is 35.5. The third-order valence-electron chi connectivity index (χ3n) is 5.36. The zero-order valence-corrected chi connectivity index (χ0v) is 19.2.